The maximum absolute atomic E-state index is 12.3. The number of carbonyl (C=O) groups is 2. The molecule has 0 saturated carbocycles. The van der Waals surface area contributed by atoms with Gasteiger partial charge in [0.25, 0.3) is 0 Å². The van der Waals surface area contributed by atoms with Gasteiger partial charge in [-0.05, 0) is 25.0 Å². The van der Waals surface area contributed by atoms with Crippen molar-refractivity contribution in [3.05, 3.63) is 23.8 Å². The van der Waals surface area contributed by atoms with Gasteiger partial charge in [0.15, 0.2) is 0 Å². The van der Waals surface area contributed by atoms with Crippen molar-refractivity contribution in [2.45, 2.75) is 26.0 Å². The molecule has 0 aliphatic carbocycles. The average molecular weight is 309 g/mol. The number of amides is 1. The molecule has 2 unspecified atom stereocenters. The molecule has 0 bridgehead atoms. The minimum atomic E-state index is -1.04. The lowest BCUT2D eigenvalue weighted by molar-refractivity contribution is -0.152. The van der Waals surface area contributed by atoms with Gasteiger partial charge >= 0.3 is 5.97 Å². The van der Waals surface area contributed by atoms with Gasteiger partial charge < -0.3 is 25.0 Å². The summed E-state index contributed by atoms with van der Waals surface area (Å²) in [6.07, 6.45) is -0.638. The fraction of sp³-hybridized carbons (Fsp3) is 0.467. The number of phenols is 2. The number of nitrogens with zero attached hydrogens (tertiary/aromatic N) is 1. The number of benzene rings is 1. The first kappa shape index (κ1) is 16.1. The first-order chi connectivity index (χ1) is 10.4. The SMILES string of the molecule is CCOC(=O)CN1C(=O)C(Cc2ccc(O)cc2O)CC1O. The minimum absolute atomic E-state index is 0.0667. The van der Waals surface area contributed by atoms with Crippen molar-refractivity contribution in [3.63, 3.8) is 0 Å². The highest BCUT2D eigenvalue weighted by Crippen LogP contribution is 2.30. The van der Waals surface area contributed by atoms with Crippen LogP contribution >= 0.6 is 0 Å². The van der Waals surface area contributed by atoms with E-state index in [-0.39, 0.29) is 43.4 Å². The van der Waals surface area contributed by atoms with E-state index in [1.54, 1.807) is 6.92 Å². The predicted octanol–water partition coefficient (Wildman–Crippen LogP) is 0.370. The monoisotopic (exact) mass is 309 g/mol. The first-order valence-electron chi connectivity index (χ1n) is 7.07. The predicted molar refractivity (Wildman–Crippen MR) is 75.9 cm³/mol. The third kappa shape index (κ3) is 3.48. The minimum Gasteiger partial charge on any atom is -0.508 e. The molecule has 1 aromatic carbocycles. The normalized spacial score (nSPS) is 21.2. The van der Waals surface area contributed by atoms with Crippen molar-refractivity contribution in [1.82, 2.24) is 4.90 Å². The number of rotatable bonds is 5. The summed E-state index contributed by atoms with van der Waals surface area (Å²) in [6, 6.07) is 4.14. The summed E-state index contributed by atoms with van der Waals surface area (Å²) in [7, 11) is 0. The van der Waals surface area contributed by atoms with E-state index in [4.69, 9.17) is 4.74 Å². The van der Waals surface area contributed by atoms with Crippen molar-refractivity contribution in [2.24, 2.45) is 5.92 Å². The molecule has 22 heavy (non-hydrogen) atoms. The van der Waals surface area contributed by atoms with Gasteiger partial charge in [-0.3, -0.25) is 9.59 Å². The maximum atomic E-state index is 12.3. The molecule has 1 saturated heterocycles. The zero-order chi connectivity index (χ0) is 16.3. The highest BCUT2D eigenvalue weighted by molar-refractivity contribution is 5.85. The summed E-state index contributed by atoms with van der Waals surface area (Å²) in [6.45, 7) is 1.59. The van der Waals surface area contributed by atoms with Gasteiger partial charge in [0.2, 0.25) is 5.91 Å². The number of aliphatic hydroxyl groups is 1. The van der Waals surface area contributed by atoms with E-state index in [1.807, 2.05) is 0 Å². The largest absolute Gasteiger partial charge is 0.508 e. The van der Waals surface area contributed by atoms with Crippen LogP contribution in [0.5, 0.6) is 11.5 Å². The van der Waals surface area contributed by atoms with Crippen molar-refractivity contribution in [3.8, 4) is 11.5 Å². The van der Waals surface area contributed by atoms with Crippen LogP contribution in [-0.2, 0) is 20.7 Å². The summed E-state index contributed by atoms with van der Waals surface area (Å²) in [4.78, 5) is 24.8. The molecule has 7 nitrogen and oxygen atoms in total. The smallest absolute Gasteiger partial charge is 0.325 e. The molecule has 3 N–H and O–H groups in total. The lowest BCUT2D eigenvalue weighted by Crippen LogP contribution is -2.38. The molecule has 7 heteroatoms. The summed E-state index contributed by atoms with van der Waals surface area (Å²) >= 11 is 0. The third-order valence-electron chi connectivity index (χ3n) is 3.63. The third-order valence-corrected chi connectivity index (χ3v) is 3.63. The number of carbonyl (C=O) groups excluding carboxylic acids is 2. The fourth-order valence-corrected chi connectivity index (χ4v) is 2.55. The van der Waals surface area contributed by atoms with E-state index in [2.05, 4.69) is 0 Å². The highest BCUT2D eigenvalue weighted by atomic mass is 16.5. The topological polar surface area (TPSA) is 107 Å². The molecule has 1 aliphatic rings. The molecule has 1 amide bonds. The van der Waals surface area contributed by atoms with Crippen LogP contribution in [0.15, 0.2) is 18.2 Å². The van der Waals surface area contributed by atoms with Gasteiger partial charge in [-0.1, -0.05) is 6.07 Å². The van der Waals surface area contributed by atoms with Gasteiger partial charge in [0, 0.05) is 18.4 Å². The zero-order valence-corrected chi connectivity index (χ0v) is 12.2. The Hall–Kier alpha value is -2.28. The van der Waals surface area contributed by atoms with E-state index in [9.17, 15) is 24.9 Å². The second-order valence-corrected chi connectivity index (χ2v) is 5.20. The summed E-state index contributed by atoms with van der Waals surface area (Å²) in [5, 5.41) is 29.0. The second-order valence-electron chi connectivity index (χ2n) is 5.20. The van der Waals surface area contributed by atoms with Crippen molar-refractivity contribution in [1.29, 1.82) is 0 Å². The molecule has 0 spiro atoms. The first-order valence-corrected chi connectivity index (χ1v) is 7.07. The van der Waals surface area contributed by atoms with Crippen LogP contribution in [-0.4, -0.2) is 51.5 Å². The van der Waals surface area contributed by atoms with E-state index < -0.39 is 18.1 Å². The van der Waals surface area contributed by atoms with Gasteiger partial charge in [0.1, 0.15) is 24.3 Å². The molecule has 2 rings (SSSR count). The van der Waals surface area contributed by atoms with E-state index in [0.29, 0.717) is 5.56 Å². The van der Waals surface area contributed by atoms with E-state index in [0.717, 1.165) is 4.90 Å². The standard InChI is InChI=1S/C15H19NO6/c1-2-22-14(20)8-16-13(19)6-10(15(16)21)5-9-3-4-11(17)7-12(9)18/h3-4,7,10,13,17-19H,2,5-6,8H2,1H3. The second kappa shape index (κ2) is 6.65. The lowest BCUT2D eigenvalue weighted by atomic mass is 9.97. The number of hydrogen-bond donors (Lipinski definition) is 3. The quantitative estimate of drug-likeness (QED) is 0.678. The number of esters is 1. The summed E-state index contributed by atoms with van der Waals surface area (Å²) < 4.78 is 4.77. The molecule has 2 atom stereocenters. The molecule has 1 fully saturated rings. The molecule has 0 aromatic heterocycles. The molecule has 1 aliphatic heterocycles. The zero-order valence-electron chi connectivity index (χ0n) is 12.2. The average Bonchev–Trinajstić information content (AvgIpc) is 2.70. The van der Waals surface area contributed by atoms with E-state index >= 15 is 0 Å². The number of aromatic hydroxyl groups is 2. The maximum Gasteiger partial charge on any atom is 0.325 e. The van der Waals surface area contributed by atoms with Gasteiger partial charge in [0.05, 0.1) is 6.61 Å². The van der Waals surface area contributed by atoms with Crippen LogP contribution in [0.25, 0.3) is 0 Å². The summed E-state index contributed by atoms with van der Waals surface area (Å²) in [5.74, 6) is -1.62. The van der Waals surface area contributed by atoms with Crippen LogP contribution in [0, 0.1) is 5.92 Å². The van der Waals surface area contributed by atoms with Crippen LogP contribution in [0.4, 0.5) is 0 Å². The van der Waals surface area contributed by atoms with Crippen LogP contribution in [0.1, 0.15) is 18.9 Å². The van der Waals surface area contributed by atoms with Gasteiger partial charge in [-0.15, -0.1) is 0 Å². The van der Waals surface area contributed by atoms with Crippen LogP contribution in [0.3, 0.4) is 0 Å². The molecule has 1 heterocycles. The Labute approximate surface area is 127 Å². The Morgan fingerprint density at radius 1 is 1.41 bits per heavy atom. The lowest BCUT2D eigenvalue weighted by Gasteiger charge is -2.19. The number of hydrogen-bond acceptors (Lipinski definition) is 6. The van der Waals surface area contributed by atoms with Gasteiger partial charge in [-0.25, -0.2) is 0 Å². The number of aliphatic hydroxyl groups excluding tert-OH is 1. The highest BCUT2D eigenvalue weighted by Gasteiger charge is 2.39. The number of phenolic OH excluding ortho intramolecular Hbond substituents is 2. The number of likely N-dealkylation sites (tertiary alicyclic amines) is 1. The Morgan fingerprint density at radius 3 is 2.77 bits per heavy atom. The van der Waals surface area contributed by atoms with Crippen LogP contribution < -0.4 is 0 Å². The molecule has 120 valence electrons. The van der Waals surface area contributed by atoms with Gasteiger partial charge in [-0.2, -0.15) is 0 Å². The molecule has 0 radical (unpaired) electrons. The Kier molecular flexibility index (Phi) is 4.87. The van der Waals surface area contributed by atoms with Crippen molar-refractivity contribution in [2.75, 3.05) is 13.2 Å². The fourth-order valence-electron chi connectivity index (χ4n) is 2.55. The van der Waals surface area contributed by atoms with Crippen LogP contribution in [0.2, 0.25) is 0 Å². The van der Waals surface area contributed by atoms with Crippen molar-refractivity contribution < 1.29 is 29.6 Å². The van der Waals surface area contributed by atoms with Crippen molar-refractivity contribution >= 4 is 11.9 Å². The molecular weight excluding hydrogens is 290 g/mol. The molecule has 1 aromatic rings. The molecular formula is C15H19NO6. The Morgan fingerprint density at radius 2 is 2.14 bits per heavy atom. The summed E-state index contributed by atoms with van der Waals surface area (Å²) in [5.41, 5.74) is 0.501. The Bertz CT molecular complexity index is 573. The number of ether oxygens (including phenoxy) is 1. The Balaban J connectivity index is 2.04. The van der Waals surface area contributed by atoms with E-state index in [1.165, 1.54) is 18.2 Å².